The molecule has 4 heteroatoms. The van der Waals surface area contributed by atoms with Gasteiger partial charge in [-0.25, -0.2) is 0 Å². The molecule has 0 saturated heterocycles. The molecular weight excluding hydrogens is 278 g/mol. The monoisotopic (exact) mass is 307 g/mol. The summed E-state index contributed by atoms with van der Waals surface area (Å²) >= 11 is 0. The molecule has 1 aromatic rings. The third kappa shape index (κ3) is 4.22. The molecule has 0 aliphatic heterocycles. The van der Waals surface area contributed by atoms with Crippen molar-refractivity contribution in [2.75, 3.05) is 35.1 Å². The lowest BCUT2D eigenvalue weighted by molar-refractivity contribution is -0.0110. The zero-order chi connectivity index (χ0) is 15.9. The van der Waals surface area contributed by atoms with Crippen LogP contribution in [0.25, 0.3) is 0 Å². The van der Waals surface area contributed by atoms with E-state index in [0.717, 1.165) is 12.2 Å². The van der Waals surface area contributed by atoms with Gasteiger partial charge in [-0.3, -0.25) is 0 Å². The lowest BCUT2D eigenvalue weighted by atomic mass is 9.78. The van der Waals surface area contributed by atoms with Gasteiger partial charge in [0.1, 0.15) is 5.75 Å². The maximum atomic E-state index is 5.77. The molecule has 0 N–H and O–H groups in total. The van der Waals surface area contributed by atoms with Gasteiger partial charge in [0.25, 0.3) is 0 Å². The molecule has 1 fully saturated rings. The highest BCUT2D eigenvalue weighted by molar-refractivity contribution is 5.31. The Bertz CT molecular complexity index is 450. The van der Waals surface area contributed by atoms with Crippen molar-refractivity contribution >= 4 is 0 Å². The first-order chi connectivity index (χ1) is 10.7. The van der Waals surface area contributed by atoms with Gasteiger partial charge in [0, 0.05) is 26.2 Å². The zero-order valence-corrected chi connectivity index (χ0v) is 14.2. The fraction of sp³-hybridized carbons (Fsp3) is 0.667. The largest absolute Gasteiger partial charge is 0.468 e. The standard InChI is InChI=1S/C18H29NO3/c1-19(2)18(16-10-5-6-11-17(16)21-4)14-8-7-9-15(12-14)22-13-20-3/h7-9,12,16-18H,5-6,10-11,13H2,1-4H3/t16-,17+,18?/m1/s1. The van der Waals surface area contributed by atoms with Crippen LogP contribution in [0.3, 0.4) is 0 Å². The van der Waals surface area contributed by atoms with Crippen molar-refractivity contribution in [2.24, 2.45) is 5.92 Å². The predicted molar refractivity (Wildman–Crippen MR) is 88.1 cm³/mol. The maximum absolute atomic E-state index is 5.77. The Morgan fingerprint density at radius 1 is 1.18 bits per heavy atom. The van der Waals surface area contributed by atoms with Gasteiger partial charge in [0.15, 0.2) is 6.79 Å². The summed E-state index contributed by atoms with van der Waals surface area (Å²) in [7, 11) is 7.77. The summed E-state index contributed by atoms with van der Waals surface area (Å²) in [6.45, 7) is 0.278. The van der Waals surface area contributed by atoms with Crippen LogP contribution in [0.15, 0.2) is 24.3 Å². The van der Waals surface area contributed by atoms with E-state index in [1.807, 2.05) is 13.2 Å². The van der Waals surface area contributed by atoms with Crippen LogP contribution >= 0.6 is 0 Å². The molecule has 0 spiro atoms. The minimum absolute atomic E-state index is 0.278. The van der Waals surface area contributed by atoms with Crippen LogP contribution in [-0.4, -0.2) is 46.1 Å². The first kappa shape index (κ1) is 17.3. The van der Waals surface area contributed by atoms with Crippen molar-refractivity contribution < 1.29 is 14.2 Å². The first-order valence-electron chi connectivity index (χ1n) is 8.08. The summed E-state index contributed by atoms with van der Waals surface area (Å²) in [6, 6.07) is 8.69. The highest BCUT2D eigenvalue weighted by Crippen LogP contribution is 2.39. The molecule has 1 aliphatic carbocycles. The van der Waals surface area contributed by atoms with Crippen LogP contribution in [0, 0.1) is 5.92 Å². The van der Waals surface area contributed by atoms with Gasteiger partial charge >= 0.3 is 0 Å². The van der Waals surface area contributed by atoms with E-state index in [0.29, 0.717) is 18.1 Å². The number of benzene rings is 1. The first-order valence-corrected chi connectivity index (χ1v) is 8.08. The van der Waals surface area contributed by atoms with E-state index in [2.05, 4.69) is 37.2 Å². The Morgan fingerprint density at radius 3 is 2.64 bits per heavy atom. The third-order valence-corrected chi connectivity index (χ3v) is 4.56. The Balaban J connectivity index is 2.23. The molecule has 22 heavy (non-hydrogen) atoms. The van der Waals surface area contributed by atoms with Gasteiger partial charge in [-0.05, 0) is 44.6 Å². The average molecular weight is 307 g/mol. The molecule has 1 aromatic carbocycles. The molecule has 0 bridgehead atoms. The van der Waals surface area contributed by atoms with E-state index in [-0.39, 0.29) is 6.79 Å². The maximum Gasteiger partial charge on any atom is 0.188 e. The fourth-order valence-corrected chi connectivity index (χ4v) is 3.62. The van der Waals surface area contributed by atoms with E-state index < -0.39 is 0 Å². The number of nitrogens with zero attached hydrogens (tertiary/aromatic N) is 1. The van der Waals surface area contributed by atoms with Crippen molar-refractivity contribution in [1.82, 2.24) is 4.90 Å². The van der Waals surface area contributed by atoms with Crippen molar-refractivity contribution in [3.8, 4) is 5.75 Å². The fourth-order valence-electron chi connectivity index (χ4n) is 3.62. The minimum atomic E-state index is 0.278. The van der Waals surface area contributed by atoms with Crippen LogP contribution in [0.2, 0.25) is 0 Å². The highest BCUT2D eigenvalue weighted by atomic mass is 16.7. The van der Waals surface area contributed by atoms with Crippen molar-refractivity contribution in [1.29, 1.82) is 0 Å². The van der Waals surface area contributed by atoms with Crippen LogP contribution in [-0.2, 0) is 9.47 Å². The quantitative estimate of drug-likeness (QED) is 0.722. The van der Waals surface area contributed by atoms with Crippen LogP contribution in [0.4, 0.5) is 0 Å². The number of ether oxygens (including phenoxy) is 3. The molecule has 0 amide bonds. The van der Waals surface area contributed by atoms with E-state index in [1.54, 1.807) is 7.11 Å². The second kappa shape index (κ2) is 8.51. The molecule has 1 saturated carbocycles. The van der Waals surface area contributed by atoms with E-state index in [1.165, 1.54) is 24.8 Å². The molecule has 0 radical (unpaired) electrons. The van der Waals surface area contributed by atoms with Gasteiger partial charge in [0.05, 0.1) is 6.10 Å². The zero-order valence-electron chi connectivity index (χ0n) is 14.2. The number of methoxy groups -OCH3 is 2. The SMILES string of the molecule is COCOc1cccc(C([C@@H]2CCCC[C@@H]2OC)N(C)C)c1. The minimum Gasteiger partial charge on any atom is -0.468 e. The summed E-state index contributed by atoms with van der Waals surface area (Å²) in [5, 5.41) is 0. The third-order valence-electron chi connectivity index (χ3n) is 4.56. The predicted octanol–water partition coefficient (Wildman–Crippen LogP) is 3.48. The van der Waals surface area contributed by atoms with E-state index >= 15 is 0 Å². The Hall–Kier alpha value is -1.10. The second-order valence-corrected chi connectivity index (χ2v) is 6.25. The molecule has 3 atom stereocenters. The number of rotatable bonds is 7. The van der Waals surface area contributed by atoms with Crippen molar-refractivity contribution in [3.05, 3.63) is 29.8 Å². The molecule has 1 aliphatic rings. The summed E-state index contributed by atoms with van der Waals surface area (Å²) in [4.78, 5) is 2.30. The molecule has 2 rings (SSSR count). The lowest BCUT2D eigenvalue weighted by Crippen LogP contribution is -2.37. The van der Waals surface area contributed by atoms with E-state index in [4.69, 9.17) is 14.2 Å². The Morgan fingerprint density at radius 2 is 1.95 bits per heavy atom. The highest BCUT2D eigenvalue weighted by Gasteiger charge is 2.34. The molecule has 4 nitrogen and oxygen atoms in total. The molecule has 1 unspecified atom stereocenters. The van der Waals surface area contributed by atoms with Gasteiger partial charge in [-0.2, -0.15) is 0 Å². The molecule has 0 heterocycles. The summed E-state index contributed by atoms with van der Waals surface area (Å²) in [5.74, 6) is 1.38. The normalized spacial score (nSPS) is 23.5. The topological polar surface area (TPSA) is 30.9 Å². The summed E-state index contributed by atoms with van der Waals surface area (Å²) < 4.78 is 16.4. The van der Waals surface area contributed by atoms with Gasteiger partial charge in [-0.1, -0.05) is 25.0 Å². The van der Waals surface area contributed by atoms with Gasteiger partial charge < -0.3 is 19.1 Å². The van der Waals surface area contributed by atoms with Crippen molar-refractivity contribution in [2.45, 2.75) is 37.8 Å². The average Bonchev–Trinajstić information content (AvgIpc) is 2.53. The smallest absolute Gasteiger partial charge is 0.188 e. The number of hydrogen-bond donors (Lipinski definition) is 0. The van der Waals surface area contributed by atoms with Gasteiger partial charge in [0.2, 0.25) is 0 Å². The van der Waals surface area contributed by atoms with Crippen LogP contribution in [0.5, 0.6) is 5.75 Å². The summed E-state index contributed by atoms with van der Waals surface area (Å²) in [5.41, 5.74) is 1.28. The lowest BCUT2D eigenvalue weighted by Gasteiger charge is -2.39. The van der Waals surface area contributed by atoms with E-state index in [9.17, 15) is 0 Å². The second-order valence-electron chi connectivity index (χ2n) is 6.25. The summed E-state index contributed by atoms with van der Waals surface area (Å²) in [6.07, 6.45) is 5.27. The molecule has 124 valence electrons. The van der Waals surface area contributed by atoms with Crippen LogP contribution < -0.4 is 4.74 Å². The number of hydrogen-bond acceptors (Lipinski definition) is 4. The van der Waals surface area contributed by atoms with Crippen molar-refractivity contribution in [3.63, 3.8) is 0 Å². The van der Waals surface area contributed by atoms with Crippen LogP contribution in [0.1, 0.15) is 37.3 Å². The Kier molecular flexibility index (Phi) is 6.68. The molecule has 0 aromatic heterocycles. The van der Waals surface area contributed by atoms with Gasteiger partial charge in [-0.15, -0.1) is 0 Å². The molecular formula is C18H29NO3. The Labute approximate surface area is 134 Å².